The van der Waals surface area contributed by atoms with Crippen LogP contribution in [0.15, 0.2) is 77.7 Å². The van der Waals surface area contributed by atoms with Gasteiger partial charge in [-0.05, 0) is 67.4 Å². The molecule has 0 N–H and O–H groups in total. The van der Waals surface area contributed by atoms with Crippen LogP contribution in [-0.4, -0.2) is 57.2 Å². The second-order valence-corrected chi connectivity index (χ2v) is 11.0. The van der Waals surface area contributed by atoms with Crippen LogP contribution >= 0.6 is 24.0 Å². The zero-order chi connectivity index (χ0) is 30.5. The first-order valence-corrected chi connectivity index (χ1v) is 14.6. The van der Waals surface area contributed by atoms with Crippen molar-refractivity contribution in [2.45, 2.75) is 13.3 Å². The Morgan fingerprint density at radius 1 is 1.00 bits per heavy atom. The number of hydrogen-bond acceptors (Lipinski definition) is 9. The number of para-hydroxylation sites is 1. The number of amides is 1. The SMILES string of the molecule is CCOc1ccc(-c2cc(/C=C3\SC(=S)N(CCc4ccc(OC)c(OC)c4)C3=O)n(-c3ccccc3)n2)cc1[N+](=O)[O-]. The summed E-state index contributed by atoms with van der Waals surface area (Å²) >= 11 is 6.80. The number of nitro groups is 1. The van der Waals surface area contributed by atoms with Crippen molar-refractivity contribution in [1.29, 1.82) is 0 Å². The minimum atomic E-state index is -0.475. The highest BCUT2D eigenvalue weighted by molar-refractivity contribution is 8.26. The van der Waals surface area contributed by atoms with E-state index >= 15 is 0 Å². The average molecular weight is 617 g/mol. The Morgan fingerprint density at radius 3 is 2.44 bits per heavy atom. The maximum atomic E-state index is 13.5. The van der Waals surface area contributed by atoms with Gasteiger partial charge in [-0.25, -0.2) is 4.68 Å². The molecule has 1 saturated heterocycles. The molecule has 43 heavy (non-hydrogen) atoms. The van der Waals surface area contributed by atoms with Crippen LogP contribution in [0, 0.1) is 10.1 Å². The van der Waals surface area contributed by atoms with Crippen molar-refractivity contribution in [2.75, 3.05) is 27.4 Å². The molecule has 3 aromatic carbocycles. The molecule has 0 atom stereocenters. The van der Waals surface area contributed by atoms with Crippen molar-refractivity contribution in [2.24, 2.45) is 0 Å². The second kappa shape index (κ2) is 13.1. The third-order valence-electron chi connectivity index (χ3n) is 6.71. The summed E-state index contributed by atoms with van der Waals surface area (Å²) in [6, 6.07) is 21.6. The monoisotopic (exact) mass is 616 g/mol. The molecule has 4 aromatic rings. The molecule has 10 nitrogen and oxygen atoms in total. The first-order valence-electron chi connectivity index (χ1n) is 13.4. The predicted octanol–water partition coefficient (Wildman–Crippen LogP) is 6.31. The average Bonchev–Trinajstić information content (AvgIpc) is 3.56. The molecule has 1 aromatic heterocycles. The molecule has 1 aliphatic heterocycles. The van der Waals surface area contributed by atoms with Gasteiger partial charge in [0.2, 0.25) is 0 Å². The number of ether oxygens (including phenoxy) is 3. The van der Waals surface area contributed by atoms with E-state index in [1.54, 1.807) is 55.0 Å². The zero-order valence-corrected chi connectivity index (χ0v) is 25.3. The molecule has 0 unspecified atom stereocenters. The molecule has 0 radical (unpaired) electrons. The van der Waals surface area contributed by atoms with E-state index in [-0.39, 0.29) is 17.3 Å². The van der Waals surface area contributed by atoms with E-state index in [1.165, 1.54) is 17.8 Å². The summed E-state index contributed by atoms with van der Waals surface area (Å²) in [7, 11) is 3.16. The highest BCUT2D eigenvalue weighted by Crippen LogP contribution is 2.36. The number of nitro benzene ring substituents is 1. The molecule has 0 spiro atoms. The van der Waals surface area contributed by atoms with E-state index in [0.717, 1.165) is 11.3 Å². The molecular formula is C31H28N4O6S2. The molecule has 1 aliphatic rings. The molecule has 2 heterocycles. The first-order chi connectivity index (χ1) is 20.8. The lowest BCUT2D eigenvalue weighted by molar-refractivity contribution is -0.385. The third-order valence-corrected chi connectivity index (χ3v) is 8.09. The Hall–Kier alpha value is -4.68. The maximum Gasteiger partial charge on any atom is 0.311 e. The Balaban J connectivity index is 1.45. The van der Waals surface area contributed by atoms with Crippen LogP contribution in [0.4, 0.5) is 5.69 Å². The minimum Gasteiger partial charge on any atom is -0.493 e. The van der Waals surface area contributed by atoms with Crippen molar-refractivity contribution in [3.05, 3.63) is 99.1 Å². The van der Waals surface area contributed by atoms with Crippen molar-refractivity contribution < 1.29 is 23.9 Å². The fourth-order valence-electron chi connectivity index (χ4n) is 4.62. The molecule has 1 fully saturated rings. The highest BCUT2D eigenvalue weighted by Gasteiger charge is 2.32. The smallest absolute Gasteiger partial charge is 0.311 e. The Labute approximate surface area is 258 Å². The summed E-state index contributed by atoms with van der Waals surface area (Å²) < 4.78 is 18.3. The van der Waals surface area contributed by atoms with Crippen molar-refractivity contribution in [3.8, 4) is 34.2 Å². The van der Waals surface area contributed by atoms with E-state index in [9.17, 15) is 14.9 Å². The van der Waals surface area contributed by atoms with E-state index in [0.29, 0.717) is 57.2 Å². The van der Waals surface area contributed by atoms with E-state index < -0.39 is 4.92 Å². The van der Waals surface area contributed by atoms with E-state index in [1.807, 2.05) is 48.5 Å². The Bertz CT molecular complexity index is 1720. The zero-order valence-electron chi connectivity index (χ0n) is 23.7. The summed E-state index contributed by atoms with van der Waals surface area (Å²) in [5, 5.41) is 16.5. The Kier molecular flexibility index (Phi) is 9.07. The fourth-order valence-corrected chi connectivity index (χ4v) is 5.91. The summed E-state index contributed by atoms with van der Waals surface area (Å²) in [6.45, 7) is 2.47. The van der Waals surface area contributed by atoms with Gasteiger partial charge in [-0.1, -0.05) is 48.2 Å². The maximum absolute atomic E-state index is 13.5. The van der Waals surface area contributed by atoms with Crippen molar-refractivity contribution in [3.63, 3.8) is 0 Å². The highest BCUT2D eigenvalue weighted by atomic mass is 32.2. The van der Waals surface area contributed by atoms with Gasteiger partial charge in [-0.15, -0.1) is 0 Å². The number of benzene rings is 3. The number of thiocarbonyl (C=S) groups is 1. The topological polar surface area (TPSA) is 109 Å². The van der Waals surface area contributed by atoms with Gasteiger partial charge in [0.1, 0.15) is 4.32 Å². The molecule has 0 aliphatic carbocycles. The third kappa shape index (κ3) is 6.40. The minimum absolute atomic E-state index is 0.148. The van der Waals surface area contributed by atoms with Gasteiger partial charge in [0.15, 0.2) is 17.2 Å². The van der Waals surface area contributed by atoms with Crippen LogP contribution in [0.5, 0.6) is 17.2 Å². The summed E-state index contributed by atoms with van der Waals surface area (Å²) in [4.78, 5) is 26.8. The lowest BCUT2D eigenvalue weighted by atomic mass is 10.1. The molecule has 0 saturated carbocycles. The number of carbonyl (C=O) groups excluding carboxylic acids is 1. The Morgan fingerprint density at radius 2 is 1.74 bits per heavy atom. The van der Waals surface area contributed by atoms with Crippen LogP contribution in [0.2, 0.25) is 0 Å². The van der Waals surface area contributed by atoms with Gasteiger partial charge in [0.25, 0.3) is 5.91 Å². The molecule has 220 valence electrons. The first kappa shape index (κ1) is 29.8. The summed E-state index contributed by atoms with van der Waals surface area (Å²) in [5.74, 6) is 1.24. The number of nitrogens with zero attached hydrogens (tertiary/aromatic N) is 4. The van der Waals surface area contributed by atoms with Gasteiger partial charge in [-0.2, -0.15) is 5.10 Å². The van der Waals surface area contributed by atoms with E-state index in [2.05, 4.69) is 0 Å². The van der Waals surface area contributed by atoms with Gasteiger partial charge >= 0.3 is 5.69 Å². The number of methoxy groups -OCH3 is 2. The summed E-state index contributed by atoms with van der Waals surface area (Å²) in [5.41, 5.74) is 3.27. The van der Waals surface area contributed by atoms with Gasteiger partial charge < -0.3 is 14.2 Å². The molecule has 0 bridgehead atoms. The summed E-state index contributed by atoms with van der Waals surface area (Å²) in [6.07, 6.45) is 2.32. The second-order valence-electron chi connectivity index (χ2n) is 9.35. The lowest BCUT2D eigenvalue weighted by Gasteiger charge is -2.15. The van der Waals surface area contributed by atoms with Crippen LogP contribution < -0.4 is 14.2 Å². The quantitative estimate of drug-likeness (QED) is 0.0829. The standard InChI is InChI=1S/C31H28N4O6S2/c1-4-41-26-13-11-21(17-25(26)35(37)38)24-18-23(34(32-24)22-8-6-5-7-9-22)19-29-30(36)33(31(42)43-29)15-14-20-10-12-27(39-2)28(16-20)40-3/h5-13,16-19H,4,14-15H2,1-3H3/b29-19-. The normalized spacial score (nSPS) is 13.9. The number of thioether (sulfide) groups is 1. The van der Waals surface area contributed by atoms with Gasteiger partial charge in [0, 0.05) is 18.2 Å². The van der Waals surface area contributed by atoms with Crippen LogP contribution in [-0.2, 0) is 11.2 Å². The number of carbonyl (C=O) groups is 1. The largest absolute Gasteiger partial charge is 0.493 e. The van der Waals surface area contributed by atoms with E-state index in [4.69, 9.17) is 31.5 Å². The molecule has 1 amide bonds. The number of aromatic nitrogens is 2. The van der Waals surface area contributed by atoms with Gasteiger partial charge in [-0.3, -0.25) is 19.8 Å². The number of hydrogen-bond donors (Lipinski definition) is 0. The van der Waals surface area contributed by atoms with Crippen LogP contribution in [0.25, 0.3) is 23.0 Å². The lowest BCUT2D eigenvalue weighted by Crippen LogP contribution is -2.30. The molecular weight excluding hydrogens is 588 g/mol. The van der Waals surface area contributed by atoms with Crippen molar-refractivity contribution in [1.82, 2.24) is 14.7 Å². The van der Waals surface area contributed by atoms with Gasteiger partial charge in [0.05, 0.1) is 47.7 Å². The van der Waals surface area contributed by atoms with Crippen molar-refractivity contribution >= 4 is 46.0 Å². The fraction of sp³-hybridized carbons (Fsp3) is 0.194. The molecule has 5 rings (SSSR count). The predicted molar refractivity (Wildman–Crippen MR) is 170 cm³/mol. The van der Waals surface area contributed by atoms with Crippen LogP contribution in [0.1, 0.15) is 18.2 Å². The molecule has 12 heteroatoms. The number of rotatable bonds is 11. The van der Waals surface area contributed by atoms with Crippen LogP contribution in [0.3, 0.4) is 0 Å².